The van der Waals surface area contributed by atoms with E-state index in [2.05, 4.69) is 11.9 Å². The molecule has 6 heteroatoms. The van der Waals surface area contributed by atoms with Gasteiger partial charge in [-0.2, -0.15) is 0 Å². The van der Waals surface area contributed by atoms with Crippen LogP contribution in [0.15, 0.2) is 24.3 Å². The van der Waals surface area contributed by atoms with E-state index in [0.29, 0.717) is 5.69 Å². The third-order valence-electron chi connectivity index (χ3n) is 2.84. The number of hydrogen-bond donors (Lipinski definition) is 1. The first-order valence-electron chi connectivity index (χ1n) is 6.11. The average Bonchev–Trinajstić information content (AvgIpc) is 2.79. The van der Waals surface area contributed by atoms with Crippen LogP contribution in [0.2, 0.25) is 0 Å². The van der Waals surface area contributed by atoms with E-state index in [-0.39, 0.29) is 10.1 Å². The Balaban J connectivity index is 2.29. The van der Waals surface area contributed by atoms with Crippen molar-refractivity contribution in [2.24, 2.45) is 0 Å². The lowest BCUT2D eigenvalue weighted by atomic mass is 10.1. The molecule has 5 nitrogen and oxygen atoms in total. The summed E-state index contributed by atoms with van der Waals surface area (Å²) in [6, 6.07) is 7.72. The first-order valence-corrected chi connectivity index (χ1v) is 6.93. The molecule has 2 N–H and O–H groups in total. The highest BCUT2D eigenvalue weighted by Crippen LogP contribution is 2.36. The van der Waals surface area contributed by atoms with Crippen molar-refractivity contribution in [3.63, 3.8) is 0 Å². The van der Waals surface area contributed by atoms with Gasteiger partial charge in [0.05, 0.1) is 4.92 Å². The largest absolute Gasteiger partial charge is 0.375 e. The number of unbranched alkanes of at least 4 members (excludes halogenated alkanes) is 1. The number of nitrogens with two attached hydrogens (primary N) is 1. The summed E-state index contributed by atoms with van der Waals surface area (Å²) in [5.41, 5.74) is 7.88. The molecule has 1 heterocycles. The molecule has 2 rings (SSSR count). The maximum absolute atomic E-state index is 10.9. The van der Waals surface area contributed by atoms with E-state index < -0.39 is 4.92 Å². The van der Waals surface area contributed by atoms with Gasteiger partial charge in [-0.25, -0.2) is 4.98 Å². The molecular formula is C13H15N3O2S. The van der Waals surface area contributed by atoms with Crippen molar-refractivity contribution in [1.29, 1.82) is 0 Å². The normalized spacial score (nSPS) is 10.6. The minimum Gasteiger partial charge on any atom is -0.375 e. The van der Waals surface area contributed by atoms with Crippen LogP contribution in [-0.4, -0.2) is 9.91 Å². The summed E-state index contributed by atoms with van der Waals surface area (Å²) in [7, 11) is 0. The number of rotatable bonds is 5. The molecule has 0 aliphatic heterocycles. The van der Waals surface area contributed by atoms with Crippen molar-refractivity contribution in [2.45, 2.75) is 26.2 Å². The summed E-state index contributed by atoms with van der Waals surface area (Å²) in [5.74, 6) is 0. The molecular weight excluding hydrogens is 262 g/mol. The molecule has 0 saturated carbocycles. The summed E-state index contributed by atoms with van der Waals surface area (Å²) in [5, 5.41) is 11.2. The van der Waals surface area contributed by atoms with E-state index in [1.165, 1.54) is 5.56 Å². The van der Waals surface area contributed by atoms with Crippen LogP contribution in [0.1, 0.15) is 25.3 Å². The van der Waals surface area contributed by atoms with Crippen LogP contribution >= 0.6 is 11.3 Å². The van der Waals surface area contributed by atoms with Crippen LogP contribution < -0.4 is 5.73 Å². The van der Waals surface area contributed by atoms with Gasteiger partial charge in [-0.15, -0.1) is 0 Å². The predicted octanol–water partition coefficient (Wildman–Crippen LogP) is 3.64. The number of nitrogen functional groups attached to an aromatic ring is 1. The van der Waals surface area contributed by atoms with Gasteiger partial charge in [-0.3, -0.25) is 10.1 Å². The fraction of sp³-hybridized carbons (Fsp3) is 0.308. The highest BCUT2D eigenvalue weighted by molar-refractivity contribution is 7.19. The van der Waals surface area contributed by atoms with Crippen molar-refractivity contribution in [3.05, 3.63) is 39.9 Å². The Bertz CT molecular complexity index is 578. The summed E-state index contributed by atoms with van der Waals surface area (Å²) >= 11 is 0.903. The van der Waals surface area contributed by atoms with Crippen LogP contribution in [0.25, 0.3) is 11.3 Å². The van der Waals surface area contributed by atoms with Crippen LogP contribution in [0.3, 0.4) is 0 Å². The molecule has 0 spiro atoms. The van der Waals surface area contributed by atoms with Crippen LogP contribution in [-0.2, 0) is 6.42 Å². The number of benzene rings is 1. The summed E-state index contributed by atoms with van der Waals surface area (Å²) in [6.07, 6.45) is 3.32. The third-order valence-corrected chi connectivity index (χ3v) is 3.67. The predicted molar refractivity (Wildman–Crippen MR) is 77.2 cm³/mol. The SMILES string of the molecule is CCCCc1ccc(-c2nc(N)sc2[N+](=O)[O-])cc1. The van der Waals surface area contributed by atoms with Gasteiger partial charge in [0.15, 0.2) is 10.8 Å². The maximum Gasteiger partial charge on any atom is 0.353 e. The van der Waals surface area contributed by atoms with Gasteiger partial charge < -0.3 is 5.73 Å². The molecule has 1 aromatic carbocycles. The van der Waals surface area contributed by atoms with Gasteiger partial charge in [0.2, 0.25) is 0 Å². The van der Waals surface area contributed by atoms with Crippen molar-refractivity contribution < 1.29 is 4.92 Å². The second kappa shape index (κ2) is 5.79. The monoisotopic (exact) mass is 277 g/mol. The smallest absolute Gasteiger partial charge is 0.353 e. The lowest BCUT2D eigenvalue weighted by Gasteiger charge is -2.01. The van der Waals surface area contributed by atoms with Crippen LogP contribution in [0, 0.1) is 10.1 Å². The highest BCUT2D eigenvalue weighted by Gasteiger charge is 2.21. The molecule has 100 valence electrons. The minimum absolute atomic E-state index is 0.00110. The molecule has 0 aliphatic carbocycles. The molecule has 19 heavy (non-hydrogen) atoms. The van der Waals surface area contributed by atoms with Gasteiger partial charge >= 0.3 is 5.00 Å². The third kappa shape index (κ3) is 3.08. The zero-order valence-electron chi connectivity index (χ0n) is 10.6. The average molecular weight is 277 g/mol. The van der Waals surface area contributed by atoms with E-state index in [0.717, 1.165) is 36.2 Å². The van der Waals surface area contributed by atoms with Gasteiger partial charge in [0.1, 0.15) is 0 Å². The van der Waals surface area contributed by atoms with E-state index in [4.69, 9.17) is 5.73 Å². The van der Waals surface area contributed by atoms with Gasteiger partial charge in [0.25, 0.3) is 0 Å². The number of nitrogens with zero attached hydrogens (tertiary/aromatic N) is 2. The Morgan fingerprint density at radius 1 is 1.37 bits per heavy atom. The fourth-order valence-corrected chi connectivity index (χ4v) is 2.52. The van der Waals surface area contributed by atoms with E-state index >= 15 is 0 Å². The lowest BCUT2D eigenvalue weighted by Crippen LogP contribution is -1.90. The van der Waals surface area contributed by atoms with Crippen LogP contribution in [0.4, 0.5) is 10.1 Å². The maximum atomic E-state index is 10.9. The molecule has 1 aromatic heterocycles. The van der Waals surface area contributed by atoms with Gasteiger partial charge in [-0.1, -0.05) is 37.6 Å². The number of nitro groups is 1. The summed E-state index contributed by atoms with van der Waals surface area (Å²) in [4.78, 5) is 14.5. The standard InChI is InChI=1S/C13H15N3O2S/c1-2-3-4-9-5-7-10(8-6-9)11-12(16(17)18)19-13(14)15-11/h5-8H,2-4H2,1H3,(H2,14,15). The molecule has 0 unspecified atom stereocenters. The fourth-order valence-electron chi connectivity index (χ4n) is 1.85. The van der Waals surface area contributed by atoms with Gasteiger partial charge in [0, 0.05) is 5.56 Å². The molecule has 0 saturated heterocycles. The molecule has 0 fully saturated rings. The molecule has 0 amide bonds. The number of anilines is 1. The Kier molecular flexibility index (Phi) is 4.11. The van der Waals surface area contributed by atoms with E-state index in [1.807, 2.05) is 24.3 Å². The second-order valence-electron chi connectivity index (χ2n) is 4.26. The zero-order valence-corrected chi connectivity index (χ0v) is 11.4. The minimum atomic E-state index is -0.436. The van der Waals surface area contributed by atoms with Gasteiger partial charge in [-0.05, 0) is 29.7 Å². The van der Waals surface area contributed by atoms with Crippen molar-refractivity contribution >= 4 is 21.5 Å². The lowest BCUT2D eigenvalue weighted by molar-refractivity contribution is -0.379. The van der Waals surface area contributed by atoms with E-state index in [1.54, 1.807) is 0 Å². The zero-order chi connectivity index (χ0) is 13.8. The first-order chi connectivity index (χ1) is 9.11. The molecule has 0 bridgehead atoms. The second-order valence-corrected chi connectivity index (χ2v) is 5.27. The molecule has 2 aromatic rings. The Labute approximate surface area is 115 Å². The van der Waals surface area contributed by atoms with Crippen LogP contribution in [0.5, 0.6) is 0 Å². The highest BCUT2D eigenvalue weighted by atomic mass is 32.1. The number of aromatic nitrogens is 1. The van der Waals surface area contributed by atoms with Crippen molar-refractivity contribution in [2.75, 3.05) is 5.73 Å². The topological polar surface area (TPSA) is 82.0 Å². The molecule has 0 atom stereocenters. The molecule has 0 aliphatic rings. The van der Waals surface area contributed by atoms with Crippen molar-refractivity contribution in [1.82, 2.24) is 4.98 Å². The summed E-state index contributed by atoms with van der Waals surface area (Å²) in [6.45, 7) is 2.15. The Morgan fingerprint density at radius 3 is 2.63 bits per heavy atom. The first kappa shape index (κ1) is 13.5. The van der Waals surface area contributed by atoms with E-state index in [9.17, 15) is 10.1 Å². The quantitative estimate of drug-likeness (QED) is 0.668. The van der Waals surface area contributed by atoms with Crippen molar-refractivity contribution in [3.8, 4) is 11.3 Å². The summed E-state index contributed by atoms with van der Waals surface area (Å²) < 4.78 is 0. The number of thiazole rings is 1. The Hall–Kier alpha value is -1.95. The number of aryl methyl sites for hydroxylation is 1. The number of hydrogen-bond acceptors (Lipinski definition) is 5. The molecule has 0 radical (unpaired) electrons. The Morgan fingerprint density at radius 2 is 2.05 bits per heavy atom.